The molecule has 1 aromatic rings. The molecule has 0 bridgehead atoms. The minimum absolute atomic E-state index is 0.0905. The fraction of sp³-hybridized carbons (Fsp3) is 0.600. The lowest BCUT2D eigenvalue weighted by Gasteiger charge is -2.31. The molecule has 0 atom stereocenters. The Hall–Kier alpha value is -1.51. The van der Waals surface area contributed by atoms with Gasteiger partial charge in [-0.05, 0) is 57.3 Å². The standard InChI is InChI=1S/C15H23N3O4S/c1-12-11-14(18(19)20)3-4-15(12)23(21,22)17-9-6-13(7-10-17)5-8-16-2/h3-4,11,13,16H,5-10H2,1-2H3. The van der Waals surface area contributed by atoms with Crippen LogP contribution in [0.1, 0.15) is 24.8 Å². The van der Waals surface area contributed by atoms with Crippen molar-refractivity contribution in [3.63, 3.8) is 0 Å². The van der Waals surface area contributed by atoms with Crippen molar-refractivity contribution >= 4 is 15.7 Å². The third-order valence-corrected chi connectivity index (χ3v) is 6.42. The zero-order valence-corrected chi connectivity index (χ0v) is 14.3. The van der Waals surface area contributed by atoms with Crippen LogP contribution in [-0.2, 0) is 10.0 Å². The van der Waals surface area contributed by atoms with Crippen LogP contribution in [0, 0.1) is 23.0 Å². The number of piperidine rings is 1. The van der Waals surface area contributed by atoms with Gasteiger partial charge in [-0.15, -0.1) is 0 Å². The number of sulfonamides is 1. The highest BCUT2D eigenvalue weighted by Gasteiger charge is 2.30. The summed E-state index contributed by atoms with van der Waals surface area (Å²) in [5.41, 5.74) is 0.323. The van der Waals surface area contributed by atoms with Crippen LogP contribution in [0.25, 0.3) is 0 Å². The number of nitrogens with zero attached hydrogens (tertiary/aromatic N) is 2. The minimum atomic E-state index is -3.58. The molecule has 2 rings (SSSR count). The number of rotatable bonds is 6. The lowest BCUT2D eigenvalue weighted by atomic mass is 9.95. The highest BCUT2D eigenvalue weighted by molar-refractivity contribution is 7.89. The van der Waals surface area contributed by atoms with Crippen LogP contribution in [-0.4, -0.2) is 44.3 Å². The summed E-state index contributed by atoms with van der Waals surface area (Å²) >= 11 is 0. The molecule has 1 fully saturated rings. The van der Waals surface area contributed by atoms with Gasteiger partial charge in [0.15, 0.2) is 0 Å². The Morgan fingerprint density at radius 1 is 1.35 bits per heavy atom. The van der Waals surface area contributed by atoms with Crippen molar-refractivity contribution in [1.82, 2.24) is 9.62 Å². The molecule has 1 saturated heterocycles. The van der Waals surface area contributed by atoms with Gasteiger partial charge < -0.3 is 5.32 Å². The molecule has 1 aliphatic heterocycles. The number of nitro groups is 1. The van der Waals surface area contributed by atoms with E-state index in [1.807, 2.05) is 7.05 Å². The number of hydrogen-bond donors (Lipinski definition) is 1. The molecule has 0 saturated carbocycles. The fourth-order valence-corrected chi connectivity index (χ4v) is 4.64. The van der Waals surface area contributed by atoms with Crippen molar-refractivity contribution in [3.8, 4) is 0 Å². The highest BCUT2D eigenvalue weighted by Crippen LogP contribution is 2.28. The summed E-state index contributed by atoms with van der Waals surface area (Å²) in [6, 6.07) is 3.90. The molecular weight excluding hydrogens is 318 g/mol. The van der Waals surface area contributed by atoms with Crippen molar-refractivity contribution in [1.29, 1.82) is 0 Å². The summed E-state index contributed by atoms with van der Waals surface area (Å²) in [4.78, 5) is 10.4. The van der Waals surface area contributed by atoms with Crippen molar-refractivity contribution in [2.45, 2.75) is 31.1 Å². The first-order valence-corrected chi connectivity index (χ1v) is 9.20. The Morgan fingerprint density at radius 3 is 2.52 bits per heavy atom. The quantitative estimate of drug-likeness (QED) is 0.630. The summed E-state index contributed by atoms with van der Waals surface area (Å²) in [5.74, 6) is 0.548. The Balaban J connectivity index is 2.12. The van der Waals surface area contributed by atoms with Gasteiger partial charge in [0.25, 0.3) is 5.69 Å². The third kappa shape index (κ3) is 4.07. The van der Waals surface area contributed by atoms with Gasteiger partial charge in [0.2, 0.25) is 10.0 Å². The topological polar surface area (TPSA) is 92.6 Å². The SMILES string of the molecule is CNCCC1CCN(S(=O)(=O)c2ccc([N+](=O)[O-])cc2C)CC1. The molecule has 1 aromatic carbocycles. The molecule has 8 heteroatoms. The second kappa shape index (κ2) is 7.37. The largest absolute Gasteiger partial charge is 0.320 e. The van der Waals surface area contributed by atoms with E-state index >= 15 is 0 Å². The number of aryl methyl sites for hydroxylation is 1. The average molecular weight is 341 g/mol. The molecular formula is C15H23N3O4S. The smallest absolute Gasteiger partial charge is 0.269 e. The molecule has 0 spiro atoms. The van der Waals surface area contributed by atoms with Gasteiger partial charge in [0.1, 0.15) is 0 Å². The Kier molecular flexibility index (Phi) is 5.72. The molecule has 23 heavy (non-hydrogen) atoms. The van der Waals surface area contributed by atoms with E-state index in [1.54, 1.807) is 6.92 Å². The van der Waals surface area contributed by atoms with Crippen LogP contribution in [0.15, 0.2) is 23.1 Å². The Bertz CT molecular complexity index is 667. The van der Waals surface area contributed by atoms with E-state index in [1.165, 1.54) is 22.5 Å². The lowest BCUT2D eigenvalue weighted by molar-refractivity contribution is -0.385. The first-order valence-electron chi connectivity index (χ1n) is 7.76. The molecule has 7 nitrogen and oxygen atoms in total. The van der Waals surface area contributed by atoms with Gasteiger partial charge in [-0.3, -0.25) is 10.1 Å². The van der Waals surface area contributed by atoms with E-state index in [0.717, 1.165) is 25.8 Å². The highest BCUT2D eigenvalue weighted by atomic mass is 32.2. The molecule has 0 amide bonds. The molecule has 0 aliphatic carbocycles. The summed E-state index contributed by atoms with van der Waals surface area (Å²) in [7, 11) is -1.67. The minimum Gasteiger partial charge on any atom is -0.320 e. The van der Waals surface area contributed by atoms with Gasteiger partial charge in [0, 0.05) is 25.2 Å². The predicted molar refractivity (Wildman–Crippen MR) is 87.9 cm³/mol. The van der Waals surface area contributed by atoms with E-state index in [2.05, 4.69) is 5.32 Å². The molecule has 128 valence electrons. The second-order valence-corrected chi connectivity index (χ2v) is 7.85. The van der Waals surface area contributed by atoms with E-state index in [0.29, 0.717) is 24.6 Å². The number of nitro benzene ring substituents is 1. The molecule has 1 N–H and O–H groups in total. The first kappa shape index (κ1) is 17.8. The van der Waals surface area contributed by atoms with E-state index in [9.17, 15) is 18.5 Å². The van der Waals surface area contributed by atoms with Gasteiger partial charge in [-0.2, -0.15) is 4.31 Å². The van der Waals surface area contributed by atoms with E-state index in [-0.39, 0.29) is 10.6 Å². The van der Waals surface area contributed by atoms with Gasteiger partial charge in [-0.25, -0.2) is 8.42 Å². The monoisotopic (exact) mass is 341 g/mol. The molecule has 0 radical (unpaired) electrons. The van der Waals surface area contributed by atoms with Gasteiger partial charge in [0.05, 0.1) is 9.82 Å². The van der Waals surface area contributed by atoms with Crippen LogP contribution in [0.2, 0.25) is 0 Å². The van der Waals surface area contributed by atoms with Crippen molar-refractivity contribution in [3.05, 3.63) is 33.9 Å². The van der Waals surface area contributed by atoms with Crippen molar-refractivity contribution in [2.75, 3.05) is 26.7 Å². The zero-order valence-electron chi connectivity index (χ0n) is 13.5. The fourth-order valence-electron chi connectivity index (χ4n) is 2.96. The summed E-state index contributed by atoms with van der Waals surface area (Å²) in [6.07, 6.45) is 2.76. The maximum atomic E-state index is 12.8. The molecule has 1 heterocycles. The average Bonchev–Trinajstić information content (AvgIpc) is 2.52. The number of hydrogen-bond acceptors (Lipinski definition) is 5. The second-order valence-electron chi connectivity index (χ2n) is 5.95. The van der Waals surface area contributed by atoms with Gasteiger partial charge in [-0.1, -0.05) is 0 Å². The normalized spacial score (nSPS) is 17.3. The van der Waals surface area contributed by atoms with E-state index < -0.39 is 14.9 Å². The number of non-ortho nitro benzene ring substituents is 1. The van der Waals surface area contributed by atoms with Crippen LogP contribution in [0.5, 0.6) is 0 Å². The molecule has 1 aliphatic rings. The molecule has 0 aromatic heterocycles. The molecule has 0 unspecified atom stereocenters. The van der Waals surface area contributed by atoms with Gasteiger partial charge >= 0.3 is 0 Å². The summed E-state index contributed by atoms with van der Waals surface area (Å²) in [6.45, 7) is 3.55. The van der Waals surface area contributed by atoms with Crippen LogP contribution >= 0.6 is 0 Å². The van der Waals surface area contributed by atoms with Crippen molar-refractivity contribution < 1.29 is 13.3 Å². The van der Waals surface area contributed by atoms with Crippen LogP contribution in [0.3, 0.4) is 0 Å². The van der Waals surface area contributed by atoms with Crippen LogP contribution in [0.4, 0.5) is 5.69 Å². The summed E-state index contributed by atoms with van der Waals surface area (Å²) in [5, 5.41) is 13.9. The summed E-state index contributed by atoms with van der Waals surface area (Å²) < 4.78 is 27.0. The lowest BCUT2D eigenvalue weighted by Crippen LogP contribution is -2.39. The maximum absolute atomic E-state index is 12.8. The first-order chi connectivity index (χ1) is 10.9. The van der Waals surface area contributed by atoms with Crippen molar-refractivity contribution in [2.24, 2.45) is 5.92 Å². The van der Waals surface area contributed by atoms with E-state index in [4.69, 9.17) is 0 Å². The number of nitrogens with one attached hydrogen (secondary N) is 1. The maximum Gasteiger partial charge on any atom is 0.269 e. The number of benzene rings is 1. The Labute approximate surface area is 136 Å². The third-order valence-electron chi connectivity index (χ3n) is 4.36. The Morgan fingerprint density at radius 2 is 2.00 bits per heavy atom. The predicted octanol–water partition coefficient (Wildman–Crippen LogP) is 1.91. The zero-order chi connectivity index (χ0) is 17.0. The van der Waals surface area contributed by atoms with Crippen LogP contribution < -0.4 is 5.32 Å².